The molecule has 1 aliphatic rings. The molecule has 2 heterocycles. The molecule has 22 heavy (non-hydrogen) atoms. The van der Waals surface area contributed by atoms with Crippen LogP contribution in [-0.2, 0) is 0 Å². The molecular weight excluding hydrogens is 296 g/mol. The van der Waals surface area contributed by atoms with E-state index in [1.165, 1.54) is 11.8 Å². The van der Waals surface area contributed by atoms with Crippen molar-refractivity contribution in [3.05, 3.63) is 29.9 Å². The van der Waals surface area contributed by atoms with E-state index in [4.69, 9.17) is 5.73 Å². The fourth-order valence-corrected chi connectivity index (χ4v) is 2.98. The van der Waals surface area contributed by atoms with Crippen LogP contribution < -0.4 is 16.0 Å². The number of thioether (sulfide) groups is 1. The van der Waals surface area contributed by atoms with Crippen LogP contribution in [0.4, 0.5) is 5.82 Å². The highest BCUT2D eigenvalue weighted by Gasteiger charge is 2.23. The average Bonchev–Trinajstić information content (AvgIpc) is 2.96. The summed E-state index contributed by atoms with van der Waals surface area (Å²) in [4.78, 5) is 6.62. The van der Waals surface area contributed by atoms with Crippen LogP contribution in [0.2, 0.25) is 0 Å². The second kappa shape index (κ2) is 8.03. The van der Waals surface area contributed by atoms with Gasteiger partial charge < -0.3 is 16.0 Å². The Morgan fingerprint density at radius 3 is 3.18 bits per heavy atom. The van der Waals surface area contributed by atoms with Crippen LogP contribution >= 0.6 is 11.8 Å². The predicted octanol–water partition coefficient (Wildman–Crippen LogP) is 1.96. The van der Waals surface area contributed by atoms with E-state index in [1.807, 2.05) is 12.1 Å². The van der Waals surface area contributed by atoms with E-state index < -0.39 is 0 Å². The summed E-state index contributed by atoms with van der Waals surface area (Å²) < 4.78 is 0. The maximum absolute atomic E-state index is 5.93. The molecule has 120 valence electrons. The van der Waals surface area contributed by atoms with Crippen molar-refractivity contribution in [3.63, 3.8) is 0 Å². The van der Waals surface area contributed by atoms with Gasteiger partial charge in [0.15, 0.2) is 11.0 Å². The van der Waals surface area contributed by atoms with Crippen molar-refractivity contribution in [1.29, 1.82) is 0 Å². The van der Waals surface area contributed by atoms with Gasteiger partial charge in [0.1, 0.15) is 0 Å². The molecule has 1 saturated heterocycles. The van der Waals surface area contributed by atoms with Gasteiger partial charge >= 0.3 is 0 Å². The molecule has 2 rings (SSSR count). The third kappa shape index (κ3) is 4.91. The Bertz CT molecular complexity index is 518. The van der Waals surface area contributed by atoms with Crippen molar-refractivity contribution < 1.29 is 0 Å². The monoisotopic (exact) mass is 320 g/mol. The Labute approximate surface area is 136 Å². The van der Waals surface area contributed by atoms with Gasteiger partial charge in [-0.1, -0.05) is 13.5 Å². The Morgan fingerprint density at radius 1 is 1.68 bits per heavy atom. The number of aromatic nitrogens is 2. The maximum Gasteiger partial charge on any atom is 0.160 e. The third-order valence-corrected chi connectivity index (χ3v) is 4.28. The Hall–Kier alpha value is -1.76. The van der Waals surface area contributed by atoms with Crippen LogP contribution in [0.25, 0.3) is 0 Å². The largest absolute Gasteiger partial charge is 0.378 e. The predicted molar refractivity (Wildman–Crippen MR) is 93.9 cm³/mol. The summed E-state index contributed by atoms with van der Waals surface area (Å²) in [6, 6.07) is 4.48. The minimum Gasteiger partial charge on any atom is -0.378 e. The molecule has 1 fully saturated rings. The molecule has 3 N–H and O–H groups in total. The highest BCUT2D eigenvalue weighted by molar-refractivity contribution is 8.17. The number of hydrogen-bond donors (Lipinski definition) is 2. The van der Waals surface area contributed by atoms with Gasteiger partial charge in [-0.3, -0.25) is 4.99 Å². The van der Waals surface area contributed by atoms with Gasteiger partial charge in [-0.05, 0) is 43.7 Å². The Balaban J connectivity index is 1.80. The molecule has 1 aromatic rings. The van der Waals surface area contributed by atoms with Gasteiger partial charge in [-0.15, -0.1) is 5.10 Å². The van der Waals surface area contributed by atoms with Crippen LogP contribution in [0, 0.1) is 0 Å². The molecule has 0 amide bonds. The second-order valence-corrected chi connectivity index (χ2v) is 6.52. The van der Waals surface area contributed by atoms with Crippen molar-refractivity contribution in [3.8, 4) is 0 Å². The highest BCUT2D eigenvalue weighted by Crippen LogP contribution is 2.19. The minimum atomic E-state index is 0.249. The molecule has 7 heteroatoms. The standard InChI is InChI=1S/C15H24N6S/c1-4-11(2)18-15(16)22-12(3)19-13-7-9-21(10-13)14-6-5-8-17-20-14/h5-6,8,11,13,19H,3-4,7,9-10H2,1-2H3,(H2,16,18). The number of anilines is 1. The van der Waals surface area contributed by atoms with Gasteiger partial charge in [0.2, 0.25) is 0 Å². The van der Waals surface area contributed by atoms with E-state index in [0.29, 0.717) is 11.2 Å². The summed E-state index contributed by atoms with van der Waals surface area (Å²) in [5.41, 5.74) is 5.93. The maximum atomic E-state index is 5.93. The SMILES string of the molecule is C=C(NC1CCN(c2cccnn2)C1)SC(N)=NC(C)CC. The highest BCUT2D eigenvalue weighted by atomic mass is 32.2. The molecule has 0 radical (unpaired) electrons. The van der Waals surface area contributed by atoms with Crippen molar-refractivity contribution in [2.45, 2.75) is 38.8 Å². The van der Waals surface area contributed by atoms with Gasteiger partial charge in [0.05, 0.1) is 5.03 Å². The Morgan fingerprint density at radius 2 is 2.50 bits per heavy atom. The number of rotatable bonds is 6. The first-order chi connectivity index (χ1) is 10.6. The first-order valence-corrected chi connectivity index (χ1v) is 8.39. The normalized spacial score (nSPS) is 20.0. The number of nitrogens with zero attached hydrogens (tertiary/aromatic N) is 4. The average molecular weight is 320 g/mol. The minimum absolute atomic E-state index is 0.249. The zero-order valence-electron chi connectivity index (χ0n) is 13.2. The van der Waals surface area contributed by atoms with Crippen LogP contribution in [0.5, 0.6) is 0 Å². The Kier molecular flexibility index (Phi) is 6.06. The zero-order chi connectivity index (χ0) is 15.9. The van der Waals surface area contributed by atoms with Crippen molar-refractivity contribution in [2.24, 2.45) is 10.7 Å². The van der Waals surface area contributed by atoms with Crippen molar-refractivity contribution in [1.82, 2.24) is 15.5 Å². The van der Waals surface area contributed by atoms with E-state index in [1.54, 1.807) is 6.20 Å². The molecule has 2 unspecified atom stereocenters. The van der Waals surface area contributed by atoms with E-state index >= 15 is 0 Å². The van der Waals surface area contributed by atoms with Crippen LogP contribution in [-0.4, -0.2) is 40.5 Å². The third-order valence-electron chi connectivity index (χ3n) is 3.60. The molecule has 6 nitrogen and oxygen atoms in total. The number of nitrogens with one attached hydrogen (secondary N) is 1. The summed E-state index contributed by atoms with van der Waals surface area (Å²) in [6.45, 7) is 10.0. The van der Waals surface area contributed by atoms with Crippen LogP contribution in [0.15, 0.2) is 34.9 Å². The first kappa shape index (κ1) is 16.6. The van der Waals surface area contributed by atoms with E-state index in [2.05, 4.69) is 45.8 Å². The molecule has 0 spiro atoms. The molecular formula is C15H24N6S. The van der Waals surface area contributed by atoms with Gasteiger partial charge in [-0.25, -0.2) is 0 Å². The number of amidine groups is 1. The molecule has 2 atom stereocenters. The van der Waals surface area contributed by atoms with E-state index in [0.717, 1.165) is 36.8 Å². The van der Waals surface area contributed by atoms with Crippen LogP contribution in [0.1, 0.15) is 26.7 Å². The number of hydrogen-bond acceptors (Lipinski definition) is 6. The summed E-state index contributed by atoms with van der Waals surface area (Å²) in [5.74, 6) is 0.919. The van der Waals surface area contributed by atoms with E-state index in [9.17, 15) is 0 Å². The van der Waals surface area contributed by atoms with Crippen molar-refractivity contribution >= 4 is 22.7 Å². The lowest BCUT2D eigenvalue weighted by Gasteiger charge is -2.18. The first-order valence-electron chi connectivity index (χ1n) is 7.57. The molecule has 0 saturated carbocycles. The second-order valence-electron chi connectivity index (χ2n) is 5.41. The smallest absolute Gasteiger partial charge is 0.160 e. The summed E-state index contributed by atoms with van der Waals surface area (Å²) >= 11 is 1.40. The lowest BCUT2D eigenvalue weighted by Crippen LogP contribution is -2.32. The number of nitrogens with two attached hydrogens (primary N) is 1. The lowest BCUT2D eigenvalue weighted by molar-refractivity contribution is 0.639. The quantitative estimate of drug-likeness (QED) is 0.616. The summed E-state index contributed by atoms with van der Waals surface area (Å²) in [7, 11) is 0. The number of aliphatic imine (C=N–C) groups is 1. The molecule has 0 aliphatic carbocycles. The zero-order valence-corrected chi connectivity index (χ0v) is 14.0. The van der Waals surface area contributed by atoms with Gasteiger partial charge in [0, 0.05) is 31.4 Å². The lowest BCUT2D eigenvalue weighted by atomic mass is 10.3. The molecule has 1 aromatic heterocycles. The summed E-state index contributed by atoms with van der Waals surface area (Å²) in [6.07, 6.45) is 3.71. The molecule has 1 aliphatic heterocycles. The van der Waals surface area contributed by atoms with Crippen LogP contribution in [0.3, 0.4) is 0 Å². The van der Waals surface area contributed by atoms with Crippen molar-refractivity contribution in [2.75, 3.05) is 18.0 Å². The van der Waals surface area contributed by atoms with Gasteiger partial charge in [0.25, 0.3) is 0 Å². The van der Waals surface area contributed by atoms with Gasteiger partial charge in [-0.2, -0.15) is 5.10 Å². The topological polar surface area (TPSA) is 79.4 Å². The fourth-order valence-electron chi connectivity index (χ4n) is 2.27. The molecule has 0 bridgehead atoms. The molecule has 0 aromatic carbocycles. The van der Waals surface area contributed by atoms with E-state index in [-0.39, 0.29) is 6.04 Å². The fraction of sp³-hybridized carbons (Fsp3) is 0.533. The summed E-state index contributed by atoms with van der Waals surface area (Å²) in [5, 5.41) is 12.9.